The van der Waals surface area contributed by atoms with Crippen LogP contribution in [0, 0.1) is 12.7 Å². The fourth-order valence-electron chi connectivity index (χ4n) is 3.42. The van der Waals surface area contributed by atoms with Crippen LogP contribution in [0.5, 0.6) is 0 Å². The Bertz CT molecular complexity index is 1090. The molecule has 3 aromatic heterocycles. The Kier molecular flexibility index (Phi) is 7.88. The Morgan fingerprint density at radius 1 is 1.21 bits per heavy atom. The van der Waals surface area contributed by atoms with Gasteiger partial charge in [-0.1, -0.05) is 26.7 Å². The molecule has 0 radical (unpaired) electrons. The highest BCUT2D eigenvalue weighted by Gasteiger charge is 2.21. The van der Waals surface area contributed by atoms with E-state index >= 15 is 0 Å². The molecule has 1 amide bonds. The first kappa shape index (κ1) is 24.1. The smallest absolute Gasteiger partial charge is 0.252 e. The summed E-state index contributed by atoms with van der Waals surface area (Å²) < 4.78 is 14.8. The third-order valence-electron chi connectivity index (χ3n) is 5.38. The number of carbonyl (C=O) groups is 1. The molecule has 0 bridgehead atoms. The van der Waals surface area contributed by atoms with Crippen LogP contribution < -0.4 is 22.1 Å². The predicted octanol–water partition coefficient (Wildman–Crippen LogP) is 3.06. The summed E-state index contributed by atoms with van der Waals surface area (Å²) in [6.07, 6.45) is 8.12. The number of nitrogens with one attached hydrogen (secondary N) is 2. The Morgan fingerprint density at radius 3 is 2.58 bits per heavy atom. The zero-order valence-corrected chi connectivity index (χ0v) is 19.0. The van der Waals surface area contributed by atoms with Crippen molar-refractivity contribution in [3.8, 4) is 5.69 Å². The van der Waals surface area contributed by atoms with Gasteiger partial charge in [0, 0.05) is 12.1 Å². The van der Waals surface area contributed by atoms with Crippen molar-refractivity contribution in [1.29, 1.82) is 0 Å². The fourth-order valence-corrected chi connectivity index (χ4v) is 3.42. The van der Waals surface area contributed by atoms with E-state index in [0.29, 0.717) is 17.1 Å². The van der Waals surface area contributed by atoms with Gasteiger partial charge in [0.25, 0.3) is 5.91 Å². The average Bonchev–Trinajstić information content (AvgIpc) is 3.33. The number of nitrogens with zero attached hydrogens (tertiary/aromatic N) is 5. The number of pyridine rings is 2. The lowest BCUT2D eigenvalue weighted by Crippen LogP contribution is -2.40. The van der Waals surface area contributed by atoms with Crippen molar-refractivity contribution in [2.24, 2.45) is 11.5 Å². The van der Waals surface area contributed by atoms with Crippen molar-refractivity contribution < 1.29 is 9.18 Å². The van der Waals surface area contributed by atoms with Crippen molar-refractivity contribution in [2.45, 2.75) is 58.5 Å². The second-order valence-electron chi connectivity index (χ2n) is 7.82. The molecule has 0 aromatic carbocycles. The van der Waals surface area contributed by atoms with E-state index in [1.165, 1.54) is 4.80 Å². The van der Waals surface area contributed by atoms with E-state index in [1.807, 2.05) is 13.8 Å². The molecule has 0 spiro atoms. The standard InChI is InChI=1S/C22H30FN9O/c1-4-6-7-18(17(24)5-2)30-22-16(23)11-15(20(25)33)21(31-22)29-14-10-19(13(3)26-12-14)32-27-8-9-28-32/h8-12,17-18H,4-7,24H2,1-3H3,(H2,25,33)(H2,29,30,31)/t17-,18+/m0/s1. The maximum Gasteiger partial charge on any atom is 0.252 e. The molecule has 3 heterocycles. The molecule has 0 saturated heterocycles. The lowest BCUT2D eigenvalue weighted by molar-refractivity contribution is 0.100. The van der Waals surface area contributed by atoms with Gasteiger partial charge in [-0.15, -0.1) is 4.80 Å². The highest BCUT2D eigenvalue weighted by atomic mass is 19.1. The van der Waals surface area contributed by atoms with Gasteiger partial charge in [0.1, 0.15) is 11.5 Å². The van der Waals surface area contributed by atoms with Crippen LogP contribution in [0.3, 0.4) is 0 Å². The summed E-state index contributed by atoms with van der Waals surface area (Å²) in [5, 5.41) is 14.4. The van der Waals surface area contributed by atoms with Crippen molar-refractivity contribution in [3.05, 3.63) is 47.8 Å². The Hall–Kier alpha value is -3.60. The summed E-state index contributed by atoms with van der Waals surface area (Å²) in [5.41, 5.74) is 13.5. The first-order valence-electron chi connectivity index (χ1n) is 11.0. The quantitative estimate of drug-likeness (QED) is 0.344. The Balaban J connectivity index is 1.96. The topological polar surface area (TPSA) is 150 Å². The van der Waals surface area contributed by atoms with Gasteiger partial charge in [0.2, 0.25) is 0 Å². The summed E-state index contributed by atoms with van der Waals surface area (Å²) in [5.74, 6) is -1.38. The van der Waals surface area contributed by atoms with Crippen molar-refractivity contribution in [3.63, 3.8) is 0 Å². The molecule has 3 aromatic rings. The molecule has 6 N–H and O–H groups in total. The number of hydrogen-bond acceptors (Lipinski definition) is 8. The summed E-state index contributed by atoms with van der Waals surface area (Å²) in [7, 11) is 0. The van der Waals surface area contributed by atoms with E-state index in [0.717, 1.165) is 31.7 Å². The fraction of sp³-hybridized carbons (Fsp3) is 0.409. The van der Waals surface area contributed by atoms with E-state index in [-0.39, 0.29) is 29.3 Å². The monoisotopic (exact) mass is 455 g/mol. The van der Waals surface area contributed by atoms with E-state index in [9.17, 15) is 9.18 Å². The summed E-state index contributed by atoms with van der Waals surface area (Å²) >= 11 is 0. The van der Waals surface area contributed by atoms with Crippen LogP contribution in [0.2, 0.25) is 0 Å². The van der Waals surface area contributed by atoms with E-state index in [1.54, 1.807) is 24.7 Å². The van der Waals surface area contributed by atoms with Gasteiger partial charge in [-0.05, 0) is 31.9 Å². The lowest BCUT2D eigenvalue weighted by atomic mass is 10.0. The molecule has 0 saturated carbocycles. The van der Waals surface area contributed by atoms with Crippen LogP contribution in [0.15, 0.2) is 30.7 Å². The Morgan fingerprint density at radius 2 is 1.94 bits per heavy atom. The SMILES string of the molecule is CCCC[C@@H](Nc1nc(Nc2cnc(C)c(-n3nccn3)c2)c(C(N)=O)cc1F)[C@@H](N)CC. The molecule has 0 aliphatic carbocycles. The molecule has 11 heteroatoms. The first-order valence-corrected chi connectivity index (χ1v) is 11.0. The number of carbonyl (C=O) groups excluding carboxylic acids is 1. The lowest BCUT2D eigenvalue weighted by Gasteiger charge is -2.25. The van der Waals surface area contributed by atoms with Crippen LogP contribution in [0.25, 0.3) is 5.69 Å². The largest absolute Gasteiger partial charge is 0.365 e. The van der Waals surface area contributed by atoms with Gasteiger partial charge in [0.05, 0.1) is 35.5 Å². The van der Waals surface area contributed by atoms with Crippen LogP contribution in [-0.4, -0.2) is 43.0 Å². The molecule has 0 unspecified atom stereocenters. The number of aromatic nitrogens is 5. The number of hydrogen-bond donors (Lipinski definition) is 4. The highest BCUT2D eigenvalue weighted by Crippen LogP contribution is 2.26. The minimum absolute atomic E-state index is 0.00143. The van der Waals surface area contributed by atoms with Crippen molar-refractivity contribution in [1.82, 2.24) is 25.0 Å². The summed E-state index contributed by atoms with van der Waals surface area (Å²) in [6.45, 7) is 5.89. The van der Waals surface area contributed by atoms with E-state index in [2.05, 4.69) is 37.7 Å². The number of nitrogens with two attached hydrogens (primary N) is 2. The van der Waals surface area contributed by atoms with E-state index in [4.69, 9.17) is 11.5 Å². The molecule has 0 aliphatic rings. The average molecular weight is 456 g/mol. The number of amides is 1. The molecule has 10 nitrogen and oxygen atoms in total. The Labute approximate surface area is 192 Å². The molecule has 176 valence electrons. The van der Waals surface area contributed by atoms with Crippen molar-refractivity contribution in [2.75, 3.05) is 10.6 Å². The van der Waals surface area contributed by atoms with Gasteiger partial charge < -0.3 is 22.1 Å². The summed E-state index contributed by atoms with van der Waals surface area (Å²) in [4.78, 5) is 22.1. The number of aryl methyl sites for hydroxylation is 1. The molecular formula is C22H30FN9O. The third kappa shape index (κ3) is 5.80. The number of unbranched alkanes of at least 4 members (excludes halogenated alkanes) is 1. The summed E-state index contributed by atoms with van der Waals surface area (Å²) in [6, 6.07) is 2.49. The molecule has 0 aliphatic heterocycles. The predicted molar refractivity (Wildman–Crippen MR) is 125 cm³/mol. The third-order valence-corrected chi connectivity index (χ3v) is 5.38. The molecule has 2 atom stereocenters. The van der Waals surface area contributed by atoms with Gasteiger partial charge in [-0.2, -0.15) is 10.2 Å². The minimum atomic E-state index is -0.808. The molecule has 3 rings (SSSR count). The number of halogens is 1. The normalized spacial score (nSPS) is 12.9. The number of anilines is 3. The van der Waals surface area contributed by atoms with Gasteiger partial charge >= 0.3 is 0 Å². The van der Waals surface area contributed by atoms with Crippen LogP contribution in [-0.2, 0) is 0 Å². The van der Waals surface area contributed by atoms with Crippen LogP contribution in [0.4, 0.5) is 21.7 Å². The highest BCUT2D eigenvalue weighted by molar-refractivity contribution is 5.98. The van der Waals surface area contributed by atoms with Crippen molar-refractivity contribution >= 4 is 23.2 Å². The molecule has 0 fully saturated rings. The van der Waals surface area contributed by atoms with Crippen LogP contribution >= 0.6 is 0 Å². The van der Waals surface area contributed by atoms with Gasteiger partial charge in [-0.3, -0.25) is 9.78 Å². The molecule has 33 heavy (non-hydrogen) atoms. The van der Waals surface area contributed by atoms with Crippen LogP contribution in [0.1, 0.15) is 55.6 Å². The number of rotatable bonds is 11. The maximum atomic E-state index is 14.8. The minimum Gasteiger partial charge on any atom is -0.365 e. The number of primary amides is 1. The van der Waals surface area contributed by atoms with Gasteiger partial charge in [0.15, 0.2) is 11.6 Å². The zero-order chi connectivity index (χ0) is 24.0. The molecular weight excluding hydrogens is 425 g/mol. The second kappa shape index (κ2) is 10.8. The zero-order valence-electron chi connectivity index (χ0n) is 19.0. The first-order chi connectivity index (χ1) is 15.8. The second-order valence-corrected chi connectivity index (χ2v) is 7.82. The van der Waals surface area contributed by atoms with Gasteiger partial charge in [-0.25, -0.2) is 9.37 Å². The van der Waals surface area contributed by atoms with E-state index < -0.39 is 11.7 Å². The maximum absolute atomic E-state index is 14.8.